The number of nitrogens with one attached hydrogen (secondary N) is 1. The van der Waals surface area contributed by atoms with Crippen LogP contribution in [0.15, 0.2) is 29.5 Å². The van der Waals surface area contributed by atoms with Crippen LogP contribution in [-0.2, 0) is 14.3 Å². The summed E-state index contributed by atoms with van der Waals surface area (Å²) < 4.78 is 16.5. The van der Waals surface area contributed by atoms with Crippen molar-refractivity contribution in [2.75, 3.05) is 60.6 Å². The van der Waals surface area contributed by atoms with Crippen LogP contribution in [0, 0.1) is 5.92 Å². The van der Waals surface area contributed by atoms with Gasteiger partial charge in [-0.25, -0.2) is 9.59 Å². The van der Waals surface area contributed by atoms with E-state index in [1.54, 1.807) is 32.2 Å². The molecule has 0 aromatic heterocycles. The maximum atomic E-state index is 13.3. The number of carbonyl (C=O) groups excluding carboxylic acids is 3. The summed E-state index contributed by atoms with van der Waals surface area (Å²) in [6, 6.07) is 4.23. The van der Waals surface area contributed by atoms with Crippen LogP contribution in [0.5, 0.6) is 11.5 Å². The van der Waals surface area contributed by atoms with Crippen LogP contribution in [0.2, 0.25) is 0 Å². The first-order valence-corrected chi connectivity index (χ1v) is 11.9. The summed E-state index contributed by atoms with van der Waals surface area (Å²) in [4.78, 5) is 44.1. The molecule has 0 bridgehead atoms. The molecular formula is C25H36N4O6. The third kappa shape index (κ3) is 5.53. The minimum Gasteiger partial charge on any atom is -0.493 e. The van der Waals surface area contributed by atoms with E-state index in [0.29, 0.717) is 61.1 Å². The number of carbonyl (C=O) groups is 3. The lowest BCUT2D eigenvalue weighted by molar-refractivity contribution is -0.139. The smallest absolute Gasteiger partial charge is 0.338 e. The molecule has 35 heavy (non-hydrogen) atoms. The Morgan fingerprint density at radius 1 is 1.11 bits per heavy atom. The third-order valence-electron chi connectivity index (χ3n) is 6.37. The fraction of sp³-hybridized carbons (Fsp3) is 0.560. The summed E-state index contributed by atoms with van der Waals surface area (Å²) in [6.45, 7) is 8.58. The van der Waals surface area contributed by atoms with E-state index in [9.17, 15) is 14.4 Å². The van der Waals surface area contributed by atoms with Gasteiger partial charge in [0.15, 0.2) is 11.5 Å². The fourth-order valence-corrected chi connectivity index (χ4v) is 4.47. The molecule has 0 aliphatic carbocycles. The van der Waals surface area contributed by atoms with Crippen molar-refractivity contribution in [1.82, 2.24) is 20.0 Å². The number of amides is 3. The number of para-hydroxylation sites is 1. The summed E-state index contributed by atoms with van der Waals surface area (Å²) in [5.74, 6) is 0.514. The molecule has 0 saturated carbocycles. The van der Waals surface area contributed by atoms with E-state index in [0.717, 1.165) is 0 Å². The van der Waals surface area contributed by atoms with Gasteiger partial charge in [-0.1, -0.05) is 26.0 Å². The molecule has 1 aromatic rings. The molecule has 2 heterocycles. The second-order valence-corrected chi connectivity index (χ2v) is 8.86. The van der Waals surface area contributed by atoms with Gasteiger partial charge in [0.2, 0.25) is 5.91 Å². The van der Waals surface area contributed by atoms with Gasteiger partial charge in [-0.3, -0.25) is 14.6 Å². The van der Waals surface area contributed by atoms with E-state index in [1.165, 1.54) is 19.1 Å². The van der Waals surface area contributed by atoms with Gasteiger partial charge < -0.3 is 24.4 Å². The highest BCUT2D eigenvalue weighted by molar-refractivity contribution is 5.95. The molecule has 1 fully saturated rings. The Balaban J connectivity index is 2.00. The number of nitrogens with zero attached hydrogens (tertiary/aromatic N) is 3. The number of piperazine rings is 1. The highest BCUT2D eigenvalue weighted by Gasteiger charge is 2.39. The number of benzene rings is 1. The number of ether oxygens (including phenoxy) is 3. The molecule has 2 aliphatic heterocycles. The van der Waals surface area contributed by atoms with Crippen molar-refractivity contribution >= 4 is 17.9 Å². The largest absolute Gasteiger partial charge is 0.493 e. The van der Waals surface area contributed by atoms with Crippen molar-refractivity contribution in [2.24, 2.45) is 5.92 Å². The summed E-state index contributed by atoms with van der Waals surface area (Å²) in [5.41, 5.74) is 1.51. The van der Waals surface area contributed by atoms with Gasteiger partial charge in [0.25, 0.3) is 0 Å². The molecule has 10 heteroatoms. The number of hydrogen-bond acceptors (Lipinski definition) is 7. The van der Waals surface area contributed by atoms with Crippen LogP contribution >= 0.6 is 0 Å². The summed E-state index contributed by atoms with van der Waals surface area (Å²) >= 11 is 0. The van der Waals surface area contributed by atoms with Gasteiger partial charge in [0.1, 0.15) is 0 Å². The first-order chi connectivity index (χ1) is 16.7. The highest BCUT2D eigenvalue weighted by Crippen LogP contribution is 2.40. The van der Waals surface area contributed by atoms with Crippen molar-refractivity contribution in [3.05, 3.63) is 35.0 Å². The van der Waals surface area contributed by atoms with Crippen LogP contribution in [0.3, 0.4) is 0 Å². The number of methoxy groups -OCH3 is 2. The Morgan fingerprint density at radius 2 is 1.80 bits per heavy atom. The molecule has 0 radical (unpaired) electrons. The van der Waals surface area contributed by atoms with Crippen LogP contribution in [-0.4, -0.2) is 93.2 Å². The standard InChI is InChI=1S/C25H36N4O6/c1-7-35-24(31)20-18(15-28-11-13-29(14-12-28)23(30)16(2)3)27(4)25(32)26-21(20)17-9-8-10-19(33-5)22(17)34-6/h8-10,16,21H,7,11-15H2,1-6H3,(H,26,32). The van der Waals surface area contributed by atoms with E-state index in [4.69, 9.17) is 14.2 Å². The van der Waals surface area contributed by atoms with Gasteiger partial charge in [-0.15, -0.1) is 0 Å². The summed E-state index contributed by atoms with van der Waals surface area (Å²) in [5, 5.41) is 2.92. The van der Waals surface area contributed by atoms with Crippen molar-refractivity contribution < 1.29 is 28.6 Å². The normalized spacial score (nSPS) is 19.1. The van der Waals surface area contributed by atoms with Gasteiger partial charge in [-0.05, 0) is 13.0 Å². The monoisotopic (exact) mass is 488 g/mol. The number of esters is 1. The Labute approximate surface area is 206 Å². The minimum atomic E-state index is -0.776. The van der Waals surface area contributed by atoms with Gasteiger partial charge in [0.05, 0.1) is 32.4 Å². The molecule has 2 aliphatic rings. The molecule has 192 valence electrons. The maximum Gasteiger partial charge on any atom is 0.338 e. The van der Waals surface area contributed by atoms with E-state index >= 15 is 0 Å². The third-order valence-corrected chi connectivity index (χ3v) is 6.37. The first kappa shape index (κ1) is 26.3. The topological polar surface area (TPSA) is 101 Å². The predicted octanol–water partition coefficient (Wildman–Crippen LogP) is 2.02. The molecule has 10 nitrogen and oxygen atoms in total. The summed E-state index contributed by atoms with van der Waals surface area (Å²) in [6.07, 6.45) is 0. The van der Waals surface area contributed by atoms with E-state index in [2.05, 4.69) is 10.2 Å². The predicted molar refractivity (Wildman–Crippen MR) is 130 cm³/mol. The zero-order valence-electron chi connectivity index (χ0n) is 21.4. The summed E-state index contributed by atoms with van der Waals surface area (Å²) in [7, 11) is 4.69. The van der Waals surface area contributed by atoms with Crippen LogP contribution in [0.25, 0.3) is 0 Å². The molecule has 1 atom stereocenters. The fourth-order valence-electron chi connectivity index (χ4n) is 4.47. The zero-order chi connectivity index (χ0) is 25.7. The number of hydrogen-bond donors (Lipinski definition) is 1. The van der Waals surface area contributed by atoms with Crippen molar-refractivity contribution in [2.45, 2.75) is 26.8 Å². The average Bonchev–Trinajstić information content (AvgIpc) is 2.86. The quantitative estimate of drug-likeness (QED) is 0.559. The first-order valence-electron chi connectivity index (χ1n) is 11.9. The van der Waals surface area contributed by atoms with Gasteiger partial charge in [0, 0.05) is 56.9 Å². The second-order valence-electron chi connectivity index (χ2n) is 8.86. The zero-order valence-corrected chi connectivity index (χ0v) is 21.4. The number of rotatable bonds is 8. The minimum absolute atomic E-state index is 0.0496. The average molecular weight is 489 g/mol. The molecule has 1 N–H and O–H groups in total. The second kappa shape index (κ2) is 11.4. The Morgan fingerprint density at radius 3 is 2.37 bits per heavy atom. The molecular weight excluding hydrogens is 452 g/mol. The van der Waals surface area contributed by atoms with Crippen molar-refractivity contribution in [3.63, 3.8) is 0 Å². The molecule has 1 aromatic carbocycles. The Hall–Kier alpha value is -3.27. The van der Waals surface area contributed by atoms with Crippen LogP contribution in [0.4, 0.5) is 4.79 Å². The highest BCUT2D eigenvalue weighted by atomic mass is 16.5. The lowest BCUT2D eigenvalue weighted by Crippen LogP contribution is -2.53. The van der Waals surface area contributed by atoms with E-state index in [-0.39, 0.29) is 24.5 Å². The van der Waals surface area contributed by atoms with E-state index in [1.807, 2.05) is 18.7 Å². The lowest BCUT2D eigenvalue weighted by atomic mass is 9.93. The SMILES string of the molecule is CCOC(=O)C1=C(CN2CCN(C(=O)C(C)C)CC2)N(C)C(=O)NC1c1cccc(OC)c1OC. The van der Waals surface area contributed by atoms with Crippen molar-refractivity contribution in [1.29, 1.82) is 0 Å². The van der Waals surface area contributed by atoms with Gasteiger partial charge in [-0.2, -0.15) is 0 Å². The van der Waals surface area contributed by atoms with Crippen LogP contribution < -0.4 is 14.8 Å². The molecule has 3 rings (SSSR count). The maximum absolute atomic E-state index is 13.3. The van der Waals surface area contributed by atoms with Crippen molar-refractivity contribution in [3.8, 4) is 11.5 Å². The molecule has 1 saturated heterocycles. The number of urea groups is 1. The van der Waals surface area contributed by atoms with Crippen LogP contribution in [0.1, 0.15) is 32.4 Å². The lowest BCUT2D eigenvalue weighted by Gasteiger charge is -2.40. The Bertz CT molecular complexity index is 984. The molecule has 3 amide bonds. The van der Waals surface area contributed by atoms with E-state index < -0.39 is 12.0 Å². The Kier molecular flexibility index (Phi) is 8.61. The number of likely N-dealkylation sites (N-methyl/N-ethyl adjacent to an activating group) is 1. The van der Waals surface area contributed by atoms with Gasteiger partial charge >= 0.3 is 12.0 Å². The molecule has 1 unspecified atom stereocenters. The molecule has 0 spiro atoms.